The zero-order valence-corrected chi connectivity index (χ0v) is 14.1. The highest BCUT2D eigenvalue weighted by molar-refractivity contribution is 7.09. The fourth-order valence-corrected chi connectivity index (χ4v) is 2.54. The highest BCUT2D eigenvalue weighted by Crippen LogP contribution is 2.21. The van der Waals surface area contributed by atoms with Crippen molar-refractivity contribution in [2.45, 2.75) is 38.8 Å². The average Bonchev–Trinajstić information content (AvgIpc) is 2.99. The predicted molar refractivity (Wildman–Crippen MR) is 86.9 cm³/mol. The van der Waals surface area contributed by atoms with E-state index in [4.69, 9.17) is 10.00 Å². The lowest BCUT2D eigenvalue weighted by Gasteiger charge is -2.22. The monoisotopic (exact) mass is 330 g/mol. The van der Waals surface area contributed by atoms with E-state index in [0.29, 0.717) is 17.0 Å². The fraction of sp³-hybridized carbons (Fsp3) is 0.375. The third-order valence-corrected chi connectivity index (χ3v) is 3.70. The Labute approximate surface area is 139 Å². The highest BCUT2D eigenvalue weighted by Gasteiger charge is 2.22. The summed E-state index contributed by atoms with van der Waals surface area (Å²) in [4.78, 5) is 12.0. The molecule has 2 rings (SSSR count). The Bertz CT molecular complexity index is 684. The molecule has 0 aliphatic rings. The van der Waals surface area contributed by atoms with Gasteiger partial charge in [-0.15, -0.1) is 21.5 Å². The Morgan fingerprint density at radius 3 is 2.61 bits per heavy atom. The van der Waals surface area contributed by atoms with Crippen LogP contribution in [0.2, 0.25) is 0 Å². The minimum Gasteiger partial charge on any atom is -0.444 e. The van der Waals surface area contributed by atoms with Crippen molar-refractivity contribution < 1.29 is 9.53 Å². The molecule has 23 heavy (non-hydrogen) atoms. The van der Waals surface area contributed by atoms with Crippen LogP contribution in [0.5, 0.6) is 0 Å². The Hall–Kier alpha value is -2.46. The molecule has 1 amide bonds. The zero-order valence-electron chi connectivity index (χ0n) is 13.2. The molecule has 0 saturated carbocycles. The summed E-state index contributed by atoms with van der Waals surface area (Å²) in [6, 6.07) is 8.98. The van der Waals surface area contributed by atoms with Gasteiger partial charge in [-0.3, -0.25) is 0 Å². The molecular formula is C16H18N4O2S. The number of nitrogens with one attached hydrogen (secondary N) is 1. The smallest absolute Gasteiger partial charge is 0.408 e. The second-order valence-electron chi connectivity index (χ2n) is 5.99. The quantitative estimate of drug-likeness (QED) is 0.930. The number of benzene rings is 1. The average molecular weight is 330 g/mol. The molecule has 1 aromatic carbocycles. The number of carbonyl (C=O) groups is 1. The molecule has 0 saturated heterocycles. The largest absolute Gasteiger partial charge is 0.444 e. The number of hydrogen-bond donors (Lipinski definition) is 1. The minimum atomic E-state index is -0.565. The topological polar surface area (TPSA) is 87.9 Å². The van der Waals surface area contributed by atoms with E-state index < -0.39 is 11.7 Å². The molecule has 1 atom stereocenters. The molecule has 7 heteroatoms. The normalized spacial score (nSPS) is 12.3. The molecule has 2 aromatic rings. The van der Waals surface area contributed by atoms with Crippen molar-refractivity contribution in [3.05, 3.63) is 45.9 Å². The molecule has 120 valence electrons. The summed E-state index contributed by atoms with van der Waals surface area (Å²) in [6.07, 6.45) is 0.0477. The first-order valence-corrected chi connectivity index (χ1v) is 8.00. The maximum Gasteiger partial charge on any atom is 0.408 e. The first-order valence-electron chi connectivity index (χ1n) is 7.12. The van der Waals surface area contributed by atoms with Crippen molar-refractivity contribution in [1.82, 2.24) is 15.5 Å². The van der Waals surface area contributed by atoms with Gasteiger partial charge in [0.1, 0.15) is 16.1 Å². The molecule has 1 heterocycles. The summed E-state index contributed by atoms with van der Waals surface area (Å²) in [5.74, 6) is 0. The summed E-state index contributed by atoms with van der Waals surface area (Å²) in [6.45, 7) is 5.44. The van der Waals surface area contributed by atoms with Gasteiger partial charge < -0.3 is 10.1 Å². The fourth-order valence-electron chi connectivity index (χ4n) is 1.93. The van der Waals surface area contributed by atoms with E-state index in [0.717, 1.165) is 5.56 Å². The molecule has 0 fully saturated rings. The van der Waals surface area contributed by atoms with Gasteiger partial charge in [0, 0.05) is 0 Å². The van der Waals surface area contributed by atoms with E-state index in [1.165, 1.54) is 11.3 Å². The van der Waals surface area contributed by atoms with Crippen LogP contribution in [0.1, 0.15) is 42.9 Å². The van der Waals surface area contributed by atoms with Crippen LogP contribution in [0.3, 0.4) is 0 Å². The lowest BCUT2D eigenvalue weighted by atomic mass is 10.0. The van der Waals surface area contributed by atoms with Crippen LogP contribution in [-0.4, -0.2) is 21.9 Å². The molecule has 1 unspecified atom stereocenters. The summed E-state index contributed by atoms with van der Waals surface area (Å²) in [5.41, 5.74) is 2.64. The van der Waals surface area contributed by atoms with Gasteiger partial charge in [0.05, 0.1) is 17.7 Å². The van der Waals surface area contributed by atoms with Crippen LogP contribution in [0.4, 0.5) is 4.79 Å². The van der Waals surface area contributed by atoms with E-state index in [1.54, 1.807) is 17.6 Å². The van der Waals surface area contributed by atoms with Crippen LogP contribution in [0.15, 0.2) is 29.8 Å². The maximum absolute atomic E-state index is 12.0. The number of nitrogens with zero attached hydrogens (tertiary/aromatic N) is 3. The number of nitriles is 1. The van der Waals surface area contributed by atoms with Crippen molar-refractivity contribution in [3.63, 3.8) is 0 Å². The number of alkyl carbamates (subject to hydrolysis) is 1. The molecule has 0 radical (unpaired) electrons. The SMILES string of the molecule is CC(C)(C)OC(=O)NC(Cc1ccc(C#N)cc1)c1nncs1. The second-order valence-corrected chi connectivity index (χ2v) is 6.85. The summed E-state index contributed by atoms with van der Waals surface area (Å²) in [7, 11) is 0. The van der Waals surface area contributed by atoms with Crippen LogP contribution >= 0.6 is 11.3 Å². The van der Waals surface area contributed by atoms with Gasteiger partial charge in [0.25, 0.3) is 0 Å². The van der Waals surface area contributed by atoms with Gasteiger partial charge in [0.15, 0.2) is 0 Å². The third-order valence-electron chi connectivity index (χ3n) is 2.89. The molecule has 0 bridgehead atoms. The van der Waals surface area contributed by atoms with Gasteiger partial charge in [-0.05, 0) is 44.9 Å². The van der Waals surface area contributed by atoms with E-state index in [-0.39, 0.29) is 6.04 Å². The predicted octanol–water partition coefficient (Wildman–Crippen LogP) is 3.22. The molecule has 0 spiro atoms. The summed E-state index contributed by atoms with van der Waals surface area (Å²) in [5, 5.41) is 20.3. The Balaban J connectivity index is 2.12. The van der Waals surface area contributed by atoms with Crippen molar-refractivity contribution in [1.29, 1.82) is 5.26 Å². The van der Waals surface area contributed by atoms with Crippen LogP contribution in [0.25, 0.3) is 0 Å². The van der Waals surface area contributed by atoms with Gasteiger partial charge in [0.2, 0.25) is 0 Å². The van der Waals surface area contributed by atoms with Gasteiger partial charge in [-0.2, -0.15) is 5.26 Å². The van der Waals surface area contributed by atoms with Crippen molar-refractivity contribution in [3.8, 4) is 6.07 Å². The number of aromatic nitrogens is 2. The van der Waals surface area contributed by atoms with Crippen LogP contribution in [-0.2, 0) is 11.2 Å². The second kappa shape index (κ2) is 7.20. The third kappa shape index (κ3) is 5.34. The molecular weight excluding hydrogens is 312 g/mol. The summed E-state index contributed by atoms with van der Waals surface area (Å²) >= 11 is 1.37. The van der Waals surface area contributed by atoms with Crippen molar-refractivity contribution in [2.24, 2.45) is 0 Å². The van der Waals surface area contributed by atoms with Gasteiger partial charge in [-0.25, -0.2) is 4.79 Å². The number of ether oxygens (including phenoxy) is 1. The van der Waals surface area contributed by atoms with E-state index >= 15 is 0 Å². The molecule has 1 N–H and O–H groups in total. The molecule has 1 aromatic heterocycles. The molecule has 6 nitrogen and oxygen atoms in total. The van der Waals surface area contributed by atoms with Crippen molar-refractivity contribution in [2.75, 3.05) is 0 Å². The lowest BCUT2D eigenvalue weighted by Crippen LogP contribution is -2.35. The van der Waals surface area contributed by atoms with E-state index in [9.17, 15) is 4.79 Å². The number of amides is 1. The molecule has 0 aliphatic carbocycles. The maximum atomic E-state index is 12.0. The number of rotatable bonds is 4. The summed E-state index contributed by atoms with van der Waals surface area (Å²) < 4.78 is 5.30. The Kier molecular flexibility index (Phi) is 5.29. The van der Waals surface area contributed by atoms with Crippen molar-refractivity contribution >= 4 is 17.4 Å². The highest BCUT2D eigenvalue weighted by atomic mass is 32.1. The minimum absolute atomic E-state index is 0.328. The van der Waals surface area contributed by atoms with Gasteiger partial charge in [-0.1, -0.05) is 12.1 Å². The Morgan fingerprint density at radius 1 is 1.39 bits per heavy atom. The number of hydrogen-bond acceptors (Lipinski definition) is 6. The Morgan fingerprint density at radius 2 is 2.09 bits per heavy atom. The standard InChI is InChI=1S/C16H18N4O2S/c1-16(2,3)22-15(21)19-13(14-20-18-10-23-14)8-11-4-6-12(9-17)7-5-11/h4-7,10,13H,8H2,1-3H3,(H,19,21). The zero-order chi connectivity index (χ0) is 16.9. The first kappa shape index (κ1) is 16.9. The number of carbonyl (C=O) groups excluding carboxylic acids is 1. The molecule has 0 aliphatic heterocycles. The lowest BCUT2D eigenvalue weighted by molar-refractivity contribution is 0.0503. The first-order chi connectivity index (χ1) is 10.9. The van der Waals surface area contributed by atoms with Crippen LogP contribution in [0, 0.1) is 11.3 Å². The van der Waals surface area contributed by atoms with E-state index in [1.807, 2.05) is 32.9 Å². The van der Waals surface area contributed by atoms with Crippen LogP contribution < -0.4 is 5.32 Å². The van der Waals surface area contributed by atoms with E-state index in [2.05, 4.69) is 21.6 Å². The van der Waals surface area contributed by atoms with Gasteiger partial charge >= 0.3 is 6.09 Å².